The van der Waals surface area contributed by atoms with Crippen LogP contribution in [0.15, 0.2) is 23.1 Å². The Balaban J connectivity index is 2.17. The number of hydrogen-bond acceptors (Lipinski definition) is 7. The summed E-state index contributed by atoms with van der Waals surface area (Å²) in [6.07, 6.45) is -0.109. The van der Waals surface area contributed by atoms with Gasteiger partial charge in [0.05, 0.1) is 11.5 Å². The molecule has 0 spiro atoms. The number of rotatable bonds is 6. The topological polar surface area (TPSA) is 98.2 Å². The van der Waals surface area contributed by atoms with Crippen molar-refractivity contribution >= 4 is 44.3 Å². The van der Waals surface area contributed by atoms with E-state index in [1.54, 1.807) is 26.0 Å². The highest BCUT2D eigenvalue weighted by Crippen LogP contribution is 2.25. The average molecular weight is 376 g/mol. The van der Waals surface area contributed by atoms with Gasteiger partial charge in [-0.2, -0.15) is 4.37 Å². The van der Waals surface area contributed by atoms with Gasteiger partial charge < -0.3 is 4.74 Å². The average Bonchev–Trinajstić information content (AvgIpc) is 2.88. The van der Waals surface area contributed by atoms with Crippen LogP contribution in [-0.2, 0) is 26.0 Å². The van der Waals surface area contributed by atoms with E-state index in [1.807, 2.05) is 0 Å². The Morgan fingerprint density at radius 3 is 2.87 bits per heavy atom. The summed E-state index contributed by atoms with van der Waals surface area (Å²) >= 11 is 6.79. The Kier molecular flexibility index (Phi) is 5.55. The summed E-state index contributed by atoms with van der Waals surface area (Å²) in [5.74, 6) is -0.264. The number of ether oxygens (including phenoxy) is 1. The third-order valence-corrected chi connectivity index (χ3v) is 5.50. The van der Waals surface area contributed by atoms with E-state index in [1.165, 1.54) is 6.07 Å². The quantitative estimate of drug-likeness (QED) is 0.778. The number of carbonyl (C=O) groups is 1. The van der Waals surface area contributed by atoms with Crippen LogP contribution < -0.4 is 4.72 Å². The molecular formula is C13H14ClN3O4S2. The number of hydrogen-bond donors (Lipinski definition) is 1. The van der Waals surface area contributed by atoms with Crippen LogP contribution in [0.25, 0.3) is 0 Å². The smallest absolute Gasteiger partial charge is 0.313 e. The maximum atomic E-state index is 12.4. The minimum Gasteiger partial charge on any atom is -0.466 e. The zero-order valence-corrected chi connectivity index (χ0v) is 14.8. The predicted molar refractivity (Wildman–Crippen MR) is 87.2 cm³/mol. The predicted octanol–water partition coefficient (Wildman–Crippen LogP) is 2.41. The normalized spacial score (nSPS) is 11.3. The number of carbonyl (C=O) groups excluding carboxylic acids is 1. The lowest BCUT2D eigenvalue weighted by Gasteiger charge is -2.08. The first-order valence-electron chi connectivity index (χ1n) is 6.59. The standard InChI is InChI=1S/C13H14ClN3O4S2/c1-3-21-12(18)7-11-15-13(22-16-11)17-23(19,20)10-6-4-5-9(14)8(10)2/h4-6H,3,7H2,1-2H3,(H,15,16,17). The Bertz CT molecular complexity index is 820. The van der Waals surface area contributed by atoms with Gasteiger partial charge in [-0.1, -0.05) is 17.7 Å². The second-order valence-corrected chi connectivity index (χ2v) is 7.28. The molecule has 10 heteroatoms. The molecule has 0 bridgehead atoms. The van der Waals surface area contributed by atoms with Gasteiger partial charge in [-0.3, -0.25) is 9.52 Å². The molecule has 2 rings (SSSR count). The fraction of sp³-hybridized carbons (Fsp3) is 0.308. The molecule has 0 aliphatic rings. The molecule has 0 saturated heterocycles. The van der Waals surface area contributed by atoms with Gasteiger partial charge in [0.1, 0.15) is 6.42 Å². The lowest BCUT2D eigenvalue weighted by Crippen LogP contribution is -2.14. The molecular weight excluding hydrogens is 362 g/mol. The molecule has 1 aromatic carbocycles. The van der Waals surface area contributed by atoms with Gasteiger partial charge in [-0.25, -0.2) is 13.4 Å². The number of anilines is 1. The van der Waals surface area contributed by atoms with Crippen LogP contribution in [0.4, 0.5) is 5.13 Å². The van der Waals surface area contributed by atoms with Gasteiger partial charge in [0.25, 0.3) is 10.0 Å². The third-order valence-electron chi connectivity index (χ3n) is 2.81. The zero-order valence-electron chi connectivity index (χ0n) is 12.4. The van der Waals surface area contributed by atoms with E-state index in [2.05, 4.69) is 14.1 Å². The number of sulfonamides is 1. The highest BCUT2D eigenvalue weighted by Gasteiger charge is 2.20. The summed E-state index contributed by atoms with van der Waals surface area (Å²) in [5, 5.41) is 0.428. The van der Waals surface area contributed by atoms with Gasteiger partial charge >= 0.3 is 5.97 Å². The molecule has 0 atom stereocenters. The van der Waals surface area contributed by atoms with Crippen LogP contribution in [0.3, 0.4) is 0 Å². The molecule has 1 N–H and O–H groups in total. The van der Waals surface area contributed by atoms with E-state index in [9.17, 15) is 13.2 Å². The minimum atomic E-state index is -3.83. The number of nitrogens with zero attached hydrogens (tertiary/aromatic N) is 2. The number of aromatic nitrogens is 2. The highest BCUT2D eigenvalue weighted by atomic mass is 35.5. The molecule has 23 heavy (non-hydrogen) atoms. The van der Waals surface area contributed by atoms with Crippen LogP contribution in [0.2, 0.25) is 5.02 Å². The van der Waals surface area contributed by atoms with Gasteiger partial charge in [0, 0.05) is 16.6 Å². The first-order chi connectivity index (χ1) is 10.8. The molecule has 0 unspecified atom stereocenters. The SMILES string of the molecule is CCOC(=O)Cc1nsc(NS(=O)(=O)c2cccc(Cl)c2C)n1. The third kappa shape index (κ3) is 4.40. The Labute approximate surface area is 142 Å². The fourth-order valence-electron chi connectivity index (χ4n) is 1.76. The fourth-order valence-corrected chi connectivity index (χ4v) is 4.07. The summed E-state index contributed by atoms with van der Waals surface area (Å²) in [4.78, 5) is 15.4. The molecule has 0 fully saturated rings. The first kappa shape index (κ1) is 17.6. The molecule has 0 aliphatic heterocycles. The molecule has 0 radical (unpaired) electrons. The summed E-state index contributed by atoms with van der Waals surface area (Å²) in [6.45, 7) is 3.57. The summed E-state index contributed by atoms with van der Waals surface area (Å²) < 4.78 is 35.8. The molecule has 1 aromatic heterocycles. The first-order valence-corrected chi connectivity index (χ1v) is 9.23. The van der Waals surface area contributed by atoms with E-state index in [0.717, 1.165) is 11.5 Å². The maximum absolute atomic E-state index is 12.4. The number of esters is 1. The van der Waals surface area contributed by atoms with E-state index in [0.29, 0.717) is 10.6 Å². The Hall–Kier alpha value is -1.71. The van der Waals surface area contributed by atoms with Gasteiger partial charge in [-0.05, 0) is 31.5 Å². The van der Waals surface area contributed by atoms with Gasteiger partial charge in [0.15, 0.2) is 5.82 Å². The van der Waals surface area contributed by atoms with Crippen molar-refractivity contribution in [3.8, 4) is 0 Å². The molecule has 2 aromatic rings. The van der Waals surface area contributed by atoms with Crippen molar-refractivity contribution < 1.29 is 17.9 Å². The van der Waals surface area contributed by atoms with E-state index in [-0.39, 0.29) is 28.9 Å². The second kappa shape index (κ2) is 7.24. The maximum Gasteiger partial charge on any atom is 0.313 e. The molecule has 124 valence electrons. The van der Waals surface area contributed by atoms with Crippen molar-refractivity contribution in [3.63, 3.8) is 0 Å². The molecule has 0 aliphatic carbocycles. The van der Waals surface area contributed by atoms with E-state index < -0.39 is 16.0 Å². The van der Waals surface area contributed by atoms with Crippen molar-refractivity contribution in [1.29, 1.82) is 0 Å². The number of nitrogens with one attached hydrogen (secondary N) is 1. The molecule has 7 nitrogen and oxygen atoms in total. The zero-order chi connectivity index (χ0) is 17.0. The number of halogens is 1. The molecule has 1 heterocycles. The van der Waals surface area contributed by atoms with Crippen molar-refractivity contribution in [2.24, 2.45) is 0 Å². The van der Waals surface area contributed by atoms with Crippen LogP contribution in [0.1, 0.15) is 18.3 Å². The van der Waals surface area contributed by atoms with Crippen LogP contribution >= 0.6 is 23.1 Å². The van der Waals surface area contributed by atoms with E-state index >= 15 is 0 Å². The van der Waals surface area contributed by atoms with E-state index in [4.69, 9.17) is 16.3 Å². The Morgan fingerprint density at radius 2 is 2.17 bits per heavy atom. The lowest BCUT2D eigenvalue weighted by atomic mass is 10.2. The number of benzene rings is 1. The van der Waals surface area contributed by atoms with Gasteiger partial charge in [-0.15, -0.1) is 0 Å². The lowest BCUT2D eigenvalue weighted by molar-refractivity contribution is -0.142. The second-order valence-electron chi connectivity index (χ2n) is 4.47. The highest BCUT2D eigenvalue weighted by molar-refractivity contribution is 7.93. The molecule has 0 saturated carbocycles. The monoisotopic (exact) mass is 375 g/mol. The van der Waals surface area contributed by atoms with Crippen molar-refractivity contribution in [2.45, 2.75) is 25.2 Å². The Morgan fingerprint density at radius 1 is 1.43 bits per heavy atom. The van der Waals surface area contributed by atoms with Crippen molar-refractivity contribution in [2.75, 3.05) is 11.3 Å². The summed E-state index contributed by atoms with van der Waals surface area (Å²) in [7, 11) is -3.83. The summed E-state index contributed by atoms with van der Waals surface area (Å²) in [6, 6.07) is 4.61. The largest absolute Gasteiger partial charge is 0.466 e. The van der Waals surface area contributed by atoms with Crippen LogP contribution in [-0.4, -0.2) is 30.4 Å². The summed E-state index contributed by atoms with van der Waals surface area (Å²) in [5.41, 5.74) is 0.443. The van der Waals surface area contributed by atoms with Crippen molar-refractivity contribution in [3.05, 3.63) is 34.6 Å². The molecule has 0 amide bonds. The van der Waals surface area contributed by atoms with Gasteiger partial charge in [0.2, 0.25) is 5.13 Å². The van der Waals surface area contributed by atoms with Crippen molar-refractivity contribution in [1.82, 2.24) is 9.36 Å². The van der Waals surface area contributed by atoms with Crippen LogP contribution in [0.5, 0.6) is 0 Å². The van der Waals surface area contributed by atoms with Crippen LogP contribution in [0, 0.1) is 6.92 Å². The minimum absolute atomic E-state index is 0.0622.